The van der Waals surface area contributed by atoms with E-state index in [2.05, 4.69) is 12.2 Å². The van der Waals surface area contributed by atoms with Crippen molar-refractivity contribution in [3.63, 3.8) is 0 Å². The molecule has 0 saturated carbocycles. The molecule has 2 heterocycles. The summed E-state index contributed by atoms with van der Waals surface area (Å²) in [5.74, 6) is -3.01. The number of likely N-dealkylation sites (tertiary alicyclic amines) is 1. The molecule has 0 bridgehead atoms. The van der Waals surface area contributed by atoms with E-state index in [9.17, 15) is 24.0 Å². The van der Waals surface area contributed by atoms with Crippen molar-refractivity contribution in [2.75, 3.05) is 19.8 Å². The van der Waals surface area contributed by atoms with E-state index >= 15 is 0 Å². The first kappa shape index (κ1) is 31.8. The molecule has 2 aliphatic heterocycles. The molecule has 1 N–H and O–H groups in total. The molecule has 0 aromatic carbocycles. The number of hydrogen-bond acceptors (Lipinski definition) is 12. The van der Waals surface area contributed by atoms with Crippen LogP contribution in [0.1, 0.15) is 60.8 Å². The molecule has 0 aromatic heterocycles. The highest BCUT2D eigenvalue weighted by Gasteiger charge is 2.64. The van der Waals surface area contributed by atoms with Crippen LogP contribution >= 0.6 is 11.8 Å². The summed E-state index contributed by atoms with van der Waals surface area (Å²) in [6.45, 7) is 8.94. The number of carbonyl (C=O) groups excluding carboxylic acids is 5. The molecule has 2 aliphatic rings. The monoisotopic (exact) mass is 560 g/mol. The third-order valence-electron chi connectivity index (χ3n) is 6.65. The Morgan fingerprint density at radius 3 is 2.08 bits per heavy atom. The lowest BCUT2D eigenvalue weighted by molar-refractivity contribution is -0.293. The molecule has 13 heteroatoms. The highest BCUT2D eigenvalue weighted by atomic mass is 32.2. The molecule has 0 spiro atoms. The summed E-state index contributed by atoms with van der Waals surface area (Å²) in [6, 6.07) is -0.527. The standard InChI is InChI=1S/C25H40N2O10S/c1-9-10-18-11-19(27(7)12-18)23(32)26-25(13(2)33-14(3)28)22(36-17(6)31)20(34-15(4)29)21(35-16(5)30)24(37-25)38-8/h13,18-22,24H,9-12H2,1-8H3,(H,26,32). The van der Waals surface area contributed by atoms with Crippen LogP contribution in [0.25, 0.3) is 0 Å². The van der Waals surface area contributed by atoms with Crippen LogP contribution in [0.15, 0.2) is 0 Å². The van der Waals surface area contributed by atoms with Crippen LogP contribution in [0.5, 0.6) is 0 Å². The van der Waals surface area contributed by atoms with E-state index in [1.54, 1.807) is 6.26 Å². The first-order valence-electron chi connectivity index (χ1n) is 12.7. The van der Waals surface area contributed by atoms with Crippen molar-refractivity contribution in [3.8, 4) is 0 Å². The van der Waals surface area contributed by atoms with Gasteiger partial charge in [0.1, 0.15) is 5.44 Å². The Morgan fingerprint density at radius 2 is 1.58 bits per heavy atom. The number of nitrogens with one attached hydrogen (secondary N) is 1. The van der Waals surface area contributed by atoms with Crippen LogP contribution in [0.2, 0.25) is 0 Å². The predicted molar refractivity (Wildman–Crippen MR) is 137 cm³/mol. The average Bonchev–Trinajstić information content (AvgIpc) is 3.16. The van der Waals surface area contributed by atoms with Gasteiger partial charge in [-0.15, -0.1) is 11.8 Å². The molecule has 0 aromatic rings. The number of hydrogen-bond donors (Lipinski definition) is 1. The van der Waals surface area contributed by atoms with Gasteiger partial charge >= 0.3 is 23.9 Å². The van der Waals surface area contributed by atoms with Gasteiger partial charge in [0.25, 0.3) is 0 Å². The minimum atomic E-state index is -1.98. The van der Waals surface area contributed by atoms with E-state index in [0.29, 0.717) is 12.3 Å². The SMILES string of the molecule is CCCC1CC(C(=O)NC2(C(C)OC(C)=O)OC(SC)C(OC(C)=O)C(OC(C)=O)C2OC(C)=O)N(C)C1. The van der Waals surface area contributed by atoms with Gasteiger partial charge in [-0.3, -0.25) is 28.9 Å². The van der Waals surface area contributed by atoms with Crippen LogP contribution in [0.4, 0.5) is 0 Å². The van der Waals surface area contributed by atoms with Gasteiger partial charge in [-0.25, -0.2) is 0 Å². The molecule has 8 atom stereocenters. The molecule has 2 saturated heterocycles. The van der Waals surface area contributed by atoms with Gasteiger partial charge in [0, 0.05) is 34.2 Å². The molecule has 38 heavy (non-hydrogen) atoms. The maximum absolute atomic E-state index is 13.8. The fourth-order valence-corrected chi connectivity index (χ4v) is 5.95. The smallest absolute Gasteiger partial charge is 0.303 e. The lowest BCUT2D eigenvalue weighted by Crippen LogP contribution is -2.77. The molecule has 216 valence electrons. The molecular weight excluding hydrogens is 520 g/mol. The van der Waals surface area contributed by atoms with Gasteiger partial charge in [0.15, 0.2) is 24.4 Å². The van der Waals surface area contributed by atoms with Gasteiger partial charge < -0.3 is 29.0 Å². The van der Waals surface area contributed by atoms with Gasteiger partial charge in [0.2, 0.25) is 11.6 Å². The van der Waals surface area contributed by atoms with Crippen molar-refractivity contribution in [1.29, 1.82) is 0 Å². The first-order chi connectivity index (χ1) is 17.7. The van der Waals surface area contributed by atoms with Crippen molar-refractivity contribution in [2.24, 2.45) is 5.92 Å². The maximum atomic E-state index is 13.8. The number of nitrogens with zero attached hydrogens (tertiary/aromatic N) is 1. The molecular formula is C25H40N2O10S. The largest absolute Gasteiger partial charge is 0.458 e. The highest BCUT2D eigenvalue weighted by Crippen LogP contribution is 2.41. The number of likely N-dealkylation sites (N-methyl/N-ethyl adjacent to an activating group) is 1. The Kier molecular flexibility index (Phi) is 11.4. The van der Waals surface area contributed by atoms with Crippen LogP contribution < -0.4 is 5.32 Å². The Labute approximate surface area is 227 Å². The molecule has 0 radical (unpaired) electrons. The maximum Gasteiger partial charge on any atom is 0.303 e. The van der Waals surface area contributed by atoms with Crippen LogP contribution in [-0.2, 0) is 47.7 Å². The quantitative estimate of drug-likeness (QED) is 0.304. The lowest BCUT2D eigenvalue weighted by atomic mass is 9.88. The van der Waals surface area contributed by atoms with E-state index in [1.165, 1.54) is 20.8 Å². The normalized spacial score (nSPS) is 32.1. The minimum Gasteiger partial charge on any atom is -0.458 e. The predicted octanol–water partition coefficient (Wildman–Crippen LogP) is 1.39. The molecule has 2 rings (SSSR count). The summed E-state index contributed by atoms with van der Waals surface area (Å²) >= 11 is 1.12. The Bertz CT molecular complexity index is 901. The van der Waals surface area contributed by atoms with E-state index in [-0.39, 0.29) is 0 Å². The summed E-state index contributed by atoms with van der Waals surface area (Å²) in [5, 5.41) is 2.87. The van der Waals surface area contributed by atoms with Gasteiger partial charge in [-0.1, -0.05) is 13.3 Å². The number of rotatable bonds is 10. The first-order valence-corrected chi connectivity index (χ1v) is 14.0. The number of ether oxygens (including phenoxy) is 5. The van der Waals surface area contributed by atoms with Gasteiger partial charge in [-0.2, -0.15) is 0 Å². The number of esters is 4. The molecule has 2 fully saturated rings. The third-order valence-corrected chi connectivity index (χ3v) is 7.48. The number of thioether (sulfide) groups is 1. The lowest BCUT2D eigenvalue weighted by Gasteiger charge is -2.52. The summed E-state index contributed by atoms with van der Waals surface area (Å²) in [7, 11) is 1.84. The molecule has 1 amide bonds. The molecule has 12 nitrogen and oxygen atoms in total. The summed E-state index contributed by atoms with van der Waals surface area (Å²) in [4.78, 5) is 64.2. The minimum absolute atomic E-state index is 0.320. The van der Waals surface area contributed by atoms with E-state index in [0.717, 1.165) is 45.0 Å². The average molecular weight is 561 g/mol. The fourth-order valence-electron chi connectivity index (χ4n) is 5.22. The van der Waals surface area contributed by atoms with E-state index in [4.69, 9.17) is 23.7 Å². The summed E-state index contributed by atoms with van der Waals surface area (Å²) < 4.78 is 28.5. The Hall–Kier alpha value is -2.38. The Morgan fingerprint density at radius 1 is 1.00 bits per heavy atom. The van der Waals surface area contributed by atoms with Crippen LogP contribution in [0.3, 0.4) is 0 Å². The second-order valence-electron chi connectivity index (χ2n) is 9.78. The molecule has 8 unspecified atom stereocenters. The zero-order chi connectivity index (χ0) is 28.8. The van der Waals surface area contributed by atoms with Crippen molar-refractivity contribution in [1.82, 2.24) is 10.2 Å². The second-order valence-corrected chi connectivity index (χ2v) is 10.7. The topological polar surface area (TPSA) is 147 Å². The number of carbonyl (C=O) groups is 5. The van der Waals surface area contributed by atoms with Crippen molar-refractivity contribution < 1.29 is 47.7 Å². The zero-order valence-electron chi connectivity index (χ0n) is 23.3. The number of amides is 1. The van der Waals surface area contributed by atoms with Crippen LogP contribution in [-0.4, -0.2) is 96.2 Å². The summed E-state index contributed by atoms with van der Waals surface area (Å²) in [6.07, 6.45) is -1.13. The van der Waals surface area contributed by atoms with E-state index < -0.39 is 71.4 Å². The second kappa shape index (κ2) is 13.6. The molecule has 0 aliphatic carbocycles. The summed E-state index contributed by atoms with van der Waals surface area (Å²) in [5.41, 5.74) is -2.98. The third kappa shape index (κ3) is 7.60. The van der Waals surface area contributed by atoms with Crippen molar-refractivity contribution >= 4 is 41.5 Å². The Balaban J connectivity index is 2.64. The van der Waals surface area contributed by atoms with Crippen molar-refractivity contribution in [2.45, 2.75) is 102 Å². The van der Waals surface area contributed by atoms with Crippen LogP contribution in [0, 0.1) is 5.92 Å². The zero-order valence-corrected chi connectivity index (χ0v) is 24.1. The van der Waals surface area contributed by atoms with E-state index in [1.807, 2.05) is 11.9 Å². The fraction of sp³-hybridized carbons (Fsp3) is 0.800. The highest BCUT2D eigenvalue weighted by molar-refractivity contribution is 7.99. The van der Waals surface area contributed by atoms with Gasteiger partial charge in [0.05, 0.1) is 6.04 Å². The van der Waals surface area contributed by atoms with Gasteiger partial charge in [-0.05, 0) is 39.0 Å². The van der Waals surface area contributed by atoms with Crippen molar-refractivity contribution in [3.05, 3.63) is 0 Å².